The van der Waals surface area contributed by atoms with E-state index >= 15 is 0 Å². The van der Waals surface area contributed by atoms with E-state index in [1.165, 1.54) is 18.7 Å². The number of aryl methyl sites for hydroxylation is 1. The number of benzene rings is 1. The number of nitrogens with zero attached hydrogens (tertiary/aromatic N) is 2. The summed E-state index contributed by atoms with van der Waals surface area (Å²) in [6, 6.07) is 11.6. The van der Waals surface area contributed by atoms with Crippen LogP contribution in [0.4, 0.5) is 0 Å². The lowest BCUT2D eigenvalue weighted by molar-refractivity contribution is 0.104. The fourth-order valence-corrected chi connectivity index (χ4v) is 2.88. The summed E-state index contributed by atoms with van der Waals surface area (Å²) in [4.78, 5) is 5.07. The van der Waals surface area contributed by atoms with Gasteiger partial charge in [0.15, 0.2) is 0 Å². The standard InChI is InChI=1S/C17H29N3/c1-15(2)20-12-10-19(11-13-20)14-17(18)9-8-16-6-4-3-5-7-16/h3-7,15,17H,8-14,18H2,1-2H3. The topological polar surface area (TPSA) is 32.5 Å². The smallest absolute Gasteiger partial charge is 0.0171 e. The molecular weight excluding hydrogens is 246 g/mol. The summed E-state index contributed by atoms with van der Waals surface area (Å²) in [5.74, 6) is 0. The van der Waals surface area contributed by atoms with Crippen LogP contribution in [0.25, 0.3) is 0 Å². The second-order valence-corrected chi connectivity index (χ2v) is 6.21. The first-order valence-electron chi connectivity index (χ1n) is 7.91. The zero-order valence-corrected chi connectivity index (χ0v) is 13.0. The predicted octanol–water partition coefficient (Wildman–Crippen LogP) is 1.97. The molecule has 0 bridgehead atoms. The van der Waals surface area contributed by atoms with Gasteiger partial charge in [0.1, 0.15) is 0 Å². The molecule has 3 heteroatoms. The zero-order chi connectivity index (χ0) is 14.4. The Labute approximate surface area is 123 Å². The van der Waals surface area contributed by atoms with Crippen molar-refractivity contribution in [1.82, 2.24) is 9.80 Å². The van der Waals surface area contributed by atoms with Gasteiger partial charge in [-0.05, 0) is 32.3 Å². The van der Waals surface area contributed by atoms with Crippen LogP contribution in [0, 0.1) is 0 Å². The molecule has 0 spiro atoms. The maximum Gasteiger partial charge on any atom is 0.0171 e. The van der Waals surface area contributed by atoms with Crippen LogP contribution in [0.3, 0.4) is 0 Å². The summed E-state index contributed by atoms with van der Waals surface area (Å²) in [5, 5.41) is 0. The van der Waals surface area contributed by atoms with Crippen molar-refractivity contribution in [3.05, 3.63) is 35.9 Å². The molecule has 2 N–H and O–H groups in total. The lowest BCUT2D eigenvalue weighted by Crippen LogP contribution is -2.51. The molecule has 0 radical (unpaired) electrons. The normalized spacial score (nSPS) is 19.4. The van der Waals surface area contributed by atoms with E-state index in [0.717, 1.165) is 32.5 Å². The summed E-state index contributed by atoms with van der Waals surface area (Å²) < 4.78 is 0. The van der Waals surface area contributed by atoms with Gasteiger partial charge in [-0.1, -0.05) is 30.3 Å². The monoisotopic (exact) mass is 275 g/mol. The van der Waals surface area contributed by atoms with Gasteiger partial charge in [0.05, 0.1) is 0 Å². The average molecular weight is 275 g/mol. The van der Waals surface area contributed by atoms with Crippen LogP contribution in [-0.2, 0) is 6.42 Å². The van der Waals surface area contributed by atoms with Crippen molar-refractivity contribution in [2.75, 3.05) is 32.7 Å². The van der Waals surface area contributed by atoms with E-state index < -0.39 is 0 Å². The Bertz CT molecular complexity index is 369. The number of nitrogens with two attached hydrogens (primary N) is 1. The Hall–Kier alpha value is -0.900. The highest BCUT2D eigenvalue weighted by molar-refractivity contribution is 5.14. The molecule has 1 aromatic carbocycles. The third-order valence-corrected chi connectivity index (χ3v) is 4.28. The zero-order valence-electron chi connectivity index (χ0n) is 13.0. The fourth-order valence-electron chi connectivity index (χ4n) is 2.88. The van der Waals surface area contributed by atoms with Crippen LogP contribution in [0.2, 0.25) is 0 Å². The highest BCUT2D eigenvalue weighted by atomic mass is 15.3. The van der Waals surface area contributed by atoms with E-state index in [4.69, 9.17) is 5.73 Å². The maximum absolute atomic E-state index is 6.29. The summed E-state index contributed by atoms with van der Waals surface area (Å²) in [7, 11) is 0. The van der Waals surface area contributed by atoms with E-state index in [9.17, 15) is 0 Å². The van der Waals surface area contributed by atoms with Crippen LogP contribution in [0.15, 0.2) is 30.3 Å². The van der Waals surface area contributed by atoms with Crippen LogP contribution >= 0.6 is 0 Å². The lowest BCUT2D eigenvalue weighted by atomic mass is 10.1. The van der Waals surface area contributed by atoms with E-state index in [0.29, 0.717) is 12.1 Å². The Balaban J connectivity index is 1.66. The van der Waals surface area contributed by atoms with Crippen LogP contribution in [0.5, 0.6) is 0 Å². The second kappa shape index (κ2) is 7.77. The predicted molar refractivity (Wildman–Crippen MR) is 85.9 cm³/mol. The average Bonchev–Trinajstić information content (AvgIpc) is 2.47. The molecule has 0 aromatic heterocycles. The van der Waals surface area contributed by atoms with Crippen molar-refractivity contribution < 1.29 is 0 Å². The van der Waals surface area contributed by atoms with E-state index in [1.807, 2.05) is 0 Å². The number of hydrogen-bond donors (Lipinski definition) is 1. The largest absolute Gasteiger partial charge is 0.327 e. The molecule has 1 atom stereocenters. The van der Waals surface area contributed by atoms with Crippen molar-refractivity contribution in [1.29, 1.82) is 0 Å². The molecule has 3 nitrogen and oxygen atoms in total. The minimum absolute atomic E-state index is 0.292. The van der Waals surface area contributed by atoms with Gasteiger partial charge in [0, 0.05) is 44.8 Å². The van der Waals surface area contributed by atoms with Crippen LogP contribution < -0.4 is 5.73 Å². The molecule has 1 unspecified atom stereocenters. The number of hydrogen-bond acceptors (Lipinski definition) is 3. The molecule has 2 rings (SSSR count). The van der Waals surface area contributed by atoms with Gasteiger partial charge >= 0.3 is 0 Å². The molecule has 20 heavy (non-hydrogen) atoms. The Kier molecular flexibility index (Phi) is 6.02. The third kappa shape index (κ3) is 4.89. The first kappa shape index (κ1) is 15.5. The number of rotatable bonds is 6. The van der Waals surface area contributed by atoms with Crippen molar-refractivity contribution in [2.45, 2.75) is 38.8 Å². The van der Waals surface area contributed by atoms with Gasteiger partial charge in [-0.3, -0.25) is 9.80 Å². The first-order valence-corrected chi connectivity index (χ1v) is 7.91. The number of piperazine rings is 1. The molecule has 1 fully saturated rings. The van der Waals surface area contributed by atoms with Crippen molar-refractivity contribution in [3.63, 3.8) is 0 Å². The lowest BCUT2D eigenvalue weighted by Gasteiger charge is -2.37. The van der Waals surface area contributed by atoms with Crippen molar-refractivity contribution in [2.24, 2.45) is 5.73 Å². The molecule has 1 aromatic rings. The Morgan fingerprint density at radius 2 is 1.70 bits per heavy atom. The van der Waals surface area contributed by atoms with Gasteiger partial charge < -0.3 is 5.73 Å². The minimum atomic E-state index is 0.292. The summed E-state index contributed by atoms with van der Waals surface area (Å²) >= 11 is 0. The SMILES string of the molecule is CC(C)N1CCN(CC(N)CCc2ccccc2)CC1. The fraction of sp³-hybridized carbons (Fsp3) is 0.647. The van der Waals surface area contributed by atoms with Gasteiger partial charge in [-0.15, -0.1) is 0 Å². The van der Waals surface area contributed by atoms with Crippen LogP contribution in [0.1, 0.15) is 25.8 Å². The molecule has 0 aliphatic carbocycles. The van der Waals surface area contributed by atoms with E-state index in [2.05, 4.69) is 54.0 Å². The van der Waals surface area contributed by atoms with E-state index in [-0.39, 0.29) is 0 Å². The third-order valence-electron chi connectivity index (χ3n) is 4.28. The van der Waals surface area contributed by atoms with Gasteiger partial charge in [-0.2, -0.15) is 0 Å². The van der Waals surface area contributed by atoms with E-state index in [1.54, 1.807) is 0 Å². The molecule has 1 saturated heterocycles. The molecule has 112 valence electrons. The Morgan fingerprint density at radius 1 is 1.05 bits per heavy atom. The molecule has 0 amide bonds. The summed E-state index contributed by atoms with van der Waals surface area (Å²) in [6.45, 7) is 10.3. The van der Waals surface area contributed by atoms with Crippen molar-refractivity contribution >= 4 is 0 Å². The van der Waals surface area contributed by atoms with Crippen LogP contribution in [-0.4, -0.2) is 54.6 Å². The molecule has 0 saturated carbocycles. The van der Waals surface area contributed by atoms with Gasteiger partial charge in [0.2, 0.25) is 0 Å². The van der Waals surface area contributed by atoms with Gasteiger partial charge in [-0.25, -0.2) is 0 Å². The molecule has 1 aliphatic heterocycles. The minimum Gasteiger partial charge on any atom is -0.327 e. The Morgan fingerprint density at radius 3 is 2.30 bits per heavy atom. The summed E-state index contributed by atoms with van der Waals surface area (Å²) in [6.07, 6.45) is 2.17. The maximum atomic E-state index is 6.29. The second-order valence-electron chi connectivity index (χ2n) is 6.21. The molecule has 1 heterocycles. The molecule has 1 aliphatic rings. The van der Waals surface area contributed by atoms with Crippen molar-refractivity contribution in [3.8, 4) is 0 Å². The highest BCUT2D eigenvalue weighted by Gasteiger charge is 2.19. The molecular formula is C17H29N3. The van der Waals surface area contributed by atoms with Gasteiger partial charge in [0.25, 0.3) is 0 Å². The first-order chi connectivity index (χ1) is 9.65. The summed E-state index contributed by atoms with van der Waals surface area (Å²) in [5.41, 5.74) is 7.69. The highest BCUT2D eigenvalue weighted by Crippen LogP contribution is 2.08. The quantitative estimate of drug-likeness (QED) is 0.861.